The molecule has 1 amide bonds. The lowest BCUT2D eigenvalue weighted by Gasteiger charge is -2.34. The number of rotatable bonds is 6. The molecule has 1 aromatic carbocycles. The third kappa shape index (κ3) is 4.53. The molecular formula is C23H30N4O2. The fraction of sp³-hybridized carbons (Fsp3) is 0.478. The van der Waals surface area contributed by atoms with Gasteiger partial charge in [-0.05, 0) is 75.4 Å². The van der Waals surface area contributed by atoms with Crippen LogP contribution in [0.25, 0.3) is 11.3 Å². The summed E-state index contributed by atoms with van der Waals surface area (Å²) in [5, 5.41) is 0. The third-order valence-corrected chi connectivity index (χ3v) is 6.20. The molecule has 1 aliphatic heterocycles. The Balaban J connectivity index is 1.45. The average molecular weight is 395 g/mol. The van der Waals surface area contributed by atoms with Gasteiger partial charge in [0.1, 0.15) is 23.0 Å². The van der Waals surface area contributed by atoms with Crippen LogP contribution in [-0.4, -0.2) is 47.5 Å². The van der Waals surface area contributed by atoms with Crippen molar-refractivity contribution in [3.05, 3.63) is 47.9 Å². The number of primary amides is 1. The fourth-order valence-corrected chi connectivity index (χ4v) is 4.50. The van der Waals surface area contributed by atoms with Crippen molar-refractivity contribution in [3.8, 4) is 17.0 Å². The van der Waals surface area contributed by atoms with E-state index in [1.54, 1.807) is 7.11 Å². The van der Waals surface area contributed by atoms with Crippen molar-refractivity contribution in [1.29, 1.82) is 0 Å². The highest BCUT2D eigenvalue weighted by molar-refractivity contribution is 5.97. The van der Waals surface area contributed by atoms with E-state index in [0.717, 1.165) is 49.0 Å². The third-order valence-electron chi connectivity index (χ3n) is 6.20. The number of carbonyl (C=O) groups excluding carboxylic acids is 1. The first-order valence-corrected chi connectivity index (χ1v) is 10.6. The summed E-state index contributed by atoms with van der Waals surface area (Å²) in [5.41, 5.74) is 7.52. The number of ether oxygens (including phenoxy) is 1. The number of hydrogen-bond acceptors (Lipinski definition) is 4. The van der Waals surface area contributed by atoms with Crippen LogP contribution in [0.5, 0.6) is 5.75 Å². The van der Waals surface area contributed by atoms with Gasteiger partial charge >= 0.3 is 0 Å². The zero-order valence-electron chi connectivity index (χ0n) is 17.1. The molecule has 0 radical (unpaired) electrons. The Bertz CT molecular complexity index is 864. The zero-order chi connectivity index (χ0) is 20.2. The number of aromatic amines is 1. The maximum Gasteiger partial charge on any atom is 0.267 e. The van der Waals surface area contributed by atoms with Crippen LogP contribution in [0.1, 0.15) is 54.3 Å². The number of nitrogens with one attached hydrogen (secondary N) is 1. The molecule has 2 heterocycles. The lowest BCUT2D eigenvalue weighted by molar-refractivity contribution is 0.0996. The van der Waals surface area contributed by atoms with Crippen LogP contribution in [0.3, 0.4) is 0 Å². The van der Waals surface area contributed by atoms with Crippen molar-refractivity contribution in [2.45, 2.75) is 38.0 Å². The average Bonchev–Trinajstić information content (AvgIpc) is 3.21. The SMILES string of the molecule is COc1ccc(-c2nc(C3CCN(CC4CC=CCC4)CC3)[nH]c2C(N)=O)cc1. The van der Waals surface area contributed by atoms with Gasteiger partial charge in [-0.3, -0.25) is 4.79 Å². The highest BCUT2D eigenvalue weighted by Gasteiger charge is 2.27. The van der Waals surface area contributed by atoms with Gasteiger partial charge in [0, 0.05) is 18.0 Å². The molecule has 3 N–H and O–H groups in total. The first kappa shape index (κ1) is 19.7. The monoisotopic (exact) mass is 394 g/mol. The van der Waals surface area contributed by atoms with Crippen molar-refractivity contribution in [1.82, 2.24) is 14.9 Å². The Kier molecular flexibility index (Phi) is 6.00. The van der Waals surface area contributed by atoms with Gasteiger partial charge in [-0.2, -0.15) is 0 Å². The lowest BCUT2D eigenvalue weighted by atomic mass is 9.91. The van der Waals surface area contributed by atoms with Crippen LogP contribution in [-0.2, 0) is 0 Å². The largest absolute Gasteiger partial charge is 0.497 e. The van der Waals surface area contributed by atoms with Crippen LogP contribution in [0, 0.1) is 5.92 Å². The Labute approximate surface area is 172 Å². The van der Waals surface area contributed by atoms with Crippen LogP contribution >= 0.6 is 0 Å². The molecule has 0 saturated carbocycles. The number of H-pyrrole nitrogens is 1. The van der Waals surface area contributed by atoms with Crippen molar-refractivity contribution in [2.75, 3.05) is 26.7 Å². The molecule has 1 saturated heterocycles. The smallest absolute Gasteiger partial charge is 0.267 e. The molecule has 4 rings (SSSR count). The van der Waals surface area contributed by atoms with Crippen molar-refractivity contribution in [2.24, 2.45) is 11.7 Å². The van der Waals surface area contributed by atoms with Crippen molar-refractivity contribution >= 4 is 5.91 Å². The first-order valence-electron chi connectivity index (χ1n) is 10.6. The van der Waals surface area contributed by atoms with Gasteiger partial charge in [-0.1, -0.05) is 12.2 Å². The number of hydrogen-bond donors (Lipinski definition) is 2. The first-order chi connectivity index (χ1) is 14.1. The molecule has 2 aliphatic rings. The Hall–Kier alpha value is -2.60. The number of amides is 1. The summed E-state index contributed by atoms with van der Waals surface area (Å²) < 4.78 is 5.22. The van der Waals surface area contributed by atoms with E-state index < -0.39 is 5.91 Å². The van der Waals surface area contributed by atoms with Gasteiger partial charge in [0.2, 0.25) is 0 Å². The number of benzene rings is 1. The summed E-state index contributed by atoms with van der Waals surface area (Å²) in [6.45, 7) is 3.35. The second kappa shape index (κ2) is 8.82. The van der Waals surface area contributed by atoms with Gasteiger partial charge in [0.15, 0.2) is 0 Å². The molecule has 1 aliphatic carbocycles. The molecule has 154 valence electrons. The van der Waals surface area contributed by atoms with Gasteiger partial charge in [-0.15, -0.1) is 0 Å². The number of carbonyl (C=O) groups is 1. The molecule has 1 fully saturated rings. The van der Waals surface area contributed by atoms with E-state index in [1.165, 1.54) is 25.8 Å². The molecular weight excluding hydrogens is 364 g/mol. The maximum atomic E-state index is 12.0. The molecule has 2 aromatic rings. The van der Waals surface area contributed by atoms with Crippen LogP contribution in [0.4, 0.5) is 0 Å². The molecule has 29 heavy (non-hydrogen) atoms. The van der Waals surface area contributed by atoms with E-state index >= 15 is 0 Å². The maximum absolute atomic E-state index is 12.0. The number of likely N-dealkylation sites (tertiary alicyclic amines) is 1. The summed E-state index contributed by atoms with van der Waals surface area (Å²) in [4.78, 5) is 22.6. The minimum atomic E-state index is -0.475. The van der Waals surface area contributed by atoms with E-state index in [4.69, 9.17) is 15.5 Å². The molecule has 6 nitrogen and oxygen atoms in total. The van der Waals surface area contributed by atoms with E-state index in [2.05, 4.69) is 22.0 Å². The quantitative estimate of drug-likeness (QED) is 0.732. The molecule has 1 unspecified atom stereocenters. The standard InChI is InChI=1S/C23H30N4O2/c1-29-19-9-7-17(8-10-19)20-21(22(24)28)26-23(25-20)18-11-13-27(14-12-18)15-16-5-3-2-4-6-16/h2-3,7-10,16,18H,4-6,11-15H2,1H3,(H2,24,28)(H,25,26). The molecule has 0 spiro atoms. The summed E-state index contributed by atoms with van der Waals surface area (Å²) >= 11 is 0. The summed E-state index contributed by atoms with van der Waals surface area (Å²) in [5.74, 6) is 2.30. The predicted molar refractivity (Wildman–Crippen MR) is 114 cm³/mol. The van der Waals surface area contributed by atoms with E-state index in [-0.39, 0.29) is 0 Å². The minimum absolute atomic E-state index is 0.336. The number of imidazole rings is 1. The Morgan fingerprint density at radius 3 is 2.59 bits per heavy atom. The second-order valence-electron chi connectivity index (χ2n) is 8.16. The molecule has 1 aromatic heterocycles. The predicted octanol–water partition coefficient (Wildman–Crippen LogP) is 3.72. The molecule has 6 heteroatoms. The van der Waals surface area contributed by atoms with E-state index in [0.29, 0.717) is 17.3 Å². The topological polar surface area (TPSA) is 84.2 Å². The minimum Gasteiger partial charge on any atom is -0.497 e. The van der Waals surface area contributed by atoms with Gasteiger partial charge in [0.25, 0.3) is 5.91 Å². The van der Waals surface area contributed by atoms with Crippen molar-refractivity contribution in [3.63, 3.8) is 0 Å². The fourth-order valence-electron chi connectivity index (χ4n) is 4.50. The summed E-state index contributed by atoms with van der Waals surface area (Å²) in [7, 11) is 1.63. The van der Waals surface area contributed by atoms with Gasteiger partial charge in [0.05, 0.1) is 7.11 Å². The number of methoxy groups -OCH3 is 1. The highest BCUT2D eigenvalue weighted by atomic mass is 16.5. The highest BCUT2D eigenvalue weighted by Crippen LogP contribution is 2.31. The van der Waals surface area contributed by atoms with E-state index in [1.807, 2.05) is 24.3 Å². The normalized spacial score (nSPS) is 20.7. The molecule has 0 bridgehead atoms. The summed E-state index contributed by atoms with van der Waals surface area (Å²) in [6.07, 6.45) is 10.5. The molecule has 1 atom stereocenters. The van der Waals surface area contributed by atoms with Crippen LogP contribution in [0.15, 0.2) is 36.4 Å². The van der Waals surface area contributed by atoms with Gasteiger partial charge in [-0.25, -0.2) is 4.98 Å². The summed E-state index contributed by atoms with van der Waals surface area (Å²) in [6, 6.07) is 7.56. The van der Waals surface area contributed by atoms with Crippen molar-refractivity contribution < 1.29 is 9.53 Å². The lowest BCUT2D eigenvalue weighted by Crippen LogP contribution is -2.37. The number of nitrogens with zero attached hydrogens (tertiary/aromatic N) is 2. The Morgan fingerprint density at radius 2 is 1.97 bits per heavy atom. The van der Waals surface area contributed by atoms with Crippen LogP contribution < -0.4 is 10.5 Å². The number of aromatic nitrogens is 2. The Morgan fingerprint density at radius 1 is 1.21 bits per heavy atom. The van der Waals surface area contributed by atoms with Crippen LogP contribution in [0.2, 0.25) is 0 Å². The second-order valence-corrected chi connectivity index (χ2v) is 8.16. The zero-order valence-corrected chi connectivity index (χ0v) is 17.1. The number of allylic oxidation sites excluding steroid dienone is 2. The number of nitrogens with two attached hydrogens (primary N) is 1. The number of piperidine rings is 1. The van der Waals surface area contributed by atoms with Gasteiger partial charge < -0.3 is 20.4 Å². The van der Waals surface area contributed by atoms with E-state index in [9.17, 15) is 4.79 Å².